The minimum Gasteiger partial charge on any atom is -0.288 e. The Balaban J connectivity index is 1.74. The van der Waals surface area contributed by atoms with Gasteiger partial charge in [0.25, 0.3) is 0 Å². The molecule has 0 amide bonds. The van der Waals surface area contributed by atoms with E-state index in [1.807, 2.05) is 0 Å². The smallest absolute Gasteiger partial charge is 0.0978 e. The maximum absolute atomic E-state index is 9.06. The zero-order valence-electron chi connectivity index (χ0n) is 15.7. The molecule has 1 heterocycles. The molecule has 1 saturated heterocycles. The second-order valence-corrected chi connectivity index (χ2v) is 7.42. The summed E-state index contributed by atoms with van der Waals surface area (Å²) in [6.45, 7) is 4.59. The number of nitrogens with zero attached hydrogens (tertiary/aromatic N) is 2. The highest BCUT2D eigenvalue weighted by Gasteiger charge is 2.22. The molecule has 0 spiro atoms. The Hall–Kier alpha value is -0.550. The third-order valence-electron chi connectivity index (χ3n) is 5.31. The summed E-state index contributed by atoms with van der Waals surface area (Å²) in [6, 6.07) is 2.66. The van der Waals surface area contributed by atoms with E-state index in [0.29, 0.717) is 0 Å². The van der Waals surface area contributed by atoms with Crippen LogP contribution in [0.2, 0.25) is 0 Å². The molecule has 1 rings (SSSR count). The first kappa shape index (κ1) is 20.5. The van der Waals surface area contributed by atoms with Crippen molar-refractivity contribution < 1.29 is 0 Å². The van der Waals surface area contributed by atoms with Gasteiger partial charge in [-0.3, -0.25) is 4.90 Å². The number of unbranched alkanes of at least 4 members (excludes halogenated alkanes) is 13. The Kier molecular flexibility index (Phi) is 13.4. The molecule has 1 atom stereocenters. The van der Waals surface area contributed by atoms with Gasteiger partial charge >= 0.3 is 0 Å². The molecule has 1 unspecified atom stereocenters. The van der Waals surface area contributed by atoms with Crippen molar-refractivity contribution in [3.05, 3.63) is 0 Å². The fourth-order valence-electron chi connectivity index (χ4n) is 3.75. The van der Waals surface area contributed by atoms with Crippen molar-refractivity contribution in [3.63, 3.8) is 0 Å². The summed E-state index contributed by atoms with van der Waals surface area (Å²) in [5.74, 6) is 0. The Labute approximate surface area is 145 Å². The summed E-state index contributed by atoms with van der Waals surface area (Å²) in [4.78, 5) is 2.39. The van der Waals surface area contributed by atoms with Crippen LogP contribution in [0.25, 0.3) is 0 Å². The Bertz CT molecular complexity index is 295. The lowest BCUT2D eigenvalue weighted by Gasteiger charge is -2.18. The first-order valence-corrected chi connectivity index (χ1v) is 10.5. The topological polar surface area (TPSA) is 27.0 Å². The first-order chi connectivity index (χ1) is 11.4. The zero-order valence-corrected chi connectivity index (χ0v) is 15.7. The molecule has 23 heavy (non-hydrogen) atoms. The molecule has 1 aliphatic heterocycles. The van der Waals surface area contributed by atoms with Crippen molar-refractivity contribution in [3.8, 4) is 6.07 Å². The van der Waals surface area contributed by atoms with E-state index in [0.717, 1.165) is 19.5 Å². The summed E-state index contributed by atoms with van der Waals surface area (Å²) in [7, 11) is 0. The van der Waals surface area contributed by atoms with Crippen LogP contribution in [0.3, 0.4) is 0 Å². The van der Waals surface area contributed by atoms with Crippen LogP contribution in [0.15, 0.2) is 0 Å². The van der Waals surface area contributed by atoms with Crippen LogP contribution in [-0.2, 0) is 0 Å². The monoisotopic (exact) mass is 320 g/mol. The molecule has 0 aromatic carbocycles. The largest absolute Gasteiger partial charge is 0.288 e. The lowest BCUT2D eigenvalue weighted by molar-refractivity contribution is 0.286. The standard InChI is InChI=1S/C21H40N2/c1-2-3-4-5-6-7-8-9-10-11-12-13-14-15-18-23-19-16-17-21(23)20-22/h21H,2-19H2,1H3. The quantitative estimate of drug-likeness (QED) is 0.324. The molecule has 134 valence electrons. The van der Waals surface area contributed by atoms with Crippen molar-refractivity contribution in [1.29, 1.82) is 5.26 Å². The molecule has 0 aromatic rings. The van der Waals surface area contributed by atoms with Crippen LogP contribution in [-0.4, -0.2) is 24.0 Å². The SMILES string of the molecule is CCCCCCCCCCCCCCCCN1CCCC1C#N. The van der Waals surface area contributed by atoms with Crippen molar-refractivity contribution >= 4 is 0 Å². The van der Waals surface area contributed by atoms with Gasteiger partial charge in [-0.25, -0.2) is 0 Å². The minimum absolute atomic E-state index is 0.219. The van der Waals surface area contributed by atoms with Crippen LogP contribution in [0, 0.1) is 11.3 Å². The number of hydrogen-bond acceptors (Lipinski definition) is 2. The van der Waals surface area contributed by atoms with E-state index >= 15 is 0 Å². The molecular weight excluding hydrogens is 280 g/mol. The van der Waals surface area contributed by atoms with E-state index in [-0.39, 0.29) is 6.04 Å². The van der Waals surface area contributed by atoms with Crippen molar-refractivity contribution in [2.75, 3.05) is 13.1 Å². The molecule has 2 nitrogen and oxygen atoms in total. The summed E-state index contributed by atoms with van der Waals surface area (Å²) in [5, 5.41) is 9.06. The van der Waals surface area contributed by atoms with E-state index < -0.39 is 0 Å². The third kappa shape index (κ3) is 10.8. The maximum Gasteiger partial charge on any atom is 0.0978 e. The van der Waals surface area contributed by atoms with Crippen molar-refractivity contribution in [2.24, 2.45) is 0 Å². The number of rotatable bonds is 15. The average molecular weight is 321 g/mol. The fraction of sp³-hybridized carbons (Fsp3) is 0.952. The average Bonchev–Trinajstić information content (AvgIpc) is 3.02. The van der Waals surface area contributed by atoms with E-state index in [9.17, 15) is 0 Å². The molecule has 0 radical (unpaired) electrons. The molecular formula is C21H40N2. The second kappa shape index (κ2) is 15.0. The third-order valence-corrected chi connectivity index (χ3v) is 5.31. The second-order valence-electron chi connectivity index (χ2n) is 7.42. The molecule has 0 bridgehead atoms. The van der Waals surface area contributed by atoms with Gasteiger partial charge in [-0.15, -0.1) is 0 Å². The lowest BCUT2D eigenvalue weighted by atomic mass is 10.0. The normalized spacial score (nSPS) is 18.3. The lowest BCUT2D eigenvalue weighted by Crippen LogP contribution is -2.28. The number of hydrogen-bond donors (Lipinski definition) is 0. The number of likely N-dealkylation sites (tertiary alicyclic amines) is 1. The van der Waals surface area contributed by atoms with E-state index in [4.69, 9.17) is 5.26 Å². The van der Waals surface area contributed by atoms with E-state index in [2.05, 4.69) is 17.9 Å². The van der Waals surface area contributed by atoms with Gasteiger partial charge in [-0.05, 0) is 32.4 Å². The maximum atomic E-state index is 9.06. The fourth-order valence-corrected chi connectivity index (χ4v) is 3.75. The molecule has 2 heteroatoms. The highest BCUT2D eigenvalue weighted by atomic mass is 15.2. The van der Waals surface area contributed by atoms with Crippen molar-refractivity contribution in [2.45, 2.75) is 116 Å². The van der Waals surface area contributed by atoms with Crippen molar-refractivity contribution in [1.82, 2.24) is 4.90 Å². The molecule has 0 aliphatic carbocycles. The summed E-state index contributed by atoms with van der Waals surface area (Å²) in [6.07, 6.45) is 22.1. The molecule has 0 saturated carbocycles. The highest BCUT2D eigenvalue weighted by molar-refractivity contribution is 4.95. The van der Waals surface area contributed by atoms with Crippen LogP contribution in [0.1, 0.15) is 110 Å². The van der Waals surface area contributed by atoms with Crippen LogP contribution in [0.5, 0.6) is 0 Å². The Morgan fingerprint density at radius 3 is 1.74 bits per heavy atom. The molecule has 0 aromatic heterocycles. The Morgan fingerprint density at radius 1 is 0.783 bits per heavy atom. The molecule has 0 N–H and O–H groups in total. The van der Waals surface area contributed by atoms with Gasteiger partial charge in [0.1, 0.15) is 0 Å². The molecule has 1 fully saturated rings. The van der Waals surface area contributed by atoms with Crippen LogP contribution in [0.4, 0.5) is 0 Å². The van der Waals surface area contributed by atoms with Gasteiger partial charge < -0.3 is 0 Å². The first-order valence-electron chi connectivity index (χ1n) is 10.5. The van der Waals surface area contributed by atoms with Gasteiger partial charge in [0.2, 0.25) is 0 Å². The predicted molar refractivity (Wildman–Crippen MR) is 101 cm³/mol. The molecule has 1 aliphatic rings. The summed E-state index contributed by atoms with van der Waals surface area (Å²) >= 11 is 0. The van der Waals surface area contributed by atoms with E-state index in [1.165, 1.54) is 96.3 Å². The van der Waals surface area contributed by atoms with Gasteiger partial charge in [0.05, 0.1) is 12.1 Å². The van der Waals surface area contributed by atoms with Gasteiger partial charge in [-0.1, -0.05) is 90.4 Å². The summed E-state index contributed by atoms with van der Waals surface area (Å²) in [5.41, 5.74) is 0. The van der Waals surface area contributed by atoms with Crippen LogP contribution < -0.4 is 0 Å². The van der Waals surface area contributed by atoms with Gasteiger partial charge in [0, 0.05) is 0 Å². The highest BCUT2D eigenvalue weighted by Crippen LogP contribution is 2.18. The summed E-state index contributed by atoms with van der Waals surface area (Å²) < 4.78 is 0. The predicted octanol–water partition coefficient (Wildman–Crippen LogP) is 6.46. The van der Waals surface area contributed by atoms with Gasteiger partial charge in [0.15, 0.2) is 0 Å². The van der Waals surface area contributed by atoms with Gasteiger partial charge in [-0.2, -0.15) is 5.26 Å². The van der Waals surface area contributed by atoms with E-state index in [1.54, 1.807) is 0 Å². The number of nitriles is 1. The zero-order chi connectivity index (χ0) is 16.6. The van der Waals surface area contributed by atoms with Crippen LogP contribution >= 0.6 is 0 Å². The minimum atomic E-state index is 0.219. The Morgan fingerprint density at radius 2 is 1.26 bits per heavy atom.